The molecule has 0 heterocycles. The average Bonchev–Trinajstić information content (AvgIpc) is 2.24. The highest BCUT2D eigenvalue weighted by Crippen LogP contribution is 2.49. The maximum absolute atomic E-state index is 13.3. The normalized spacial score (nSPS) is 17.1. The summed E-state index contributed by atoms with van der Waals surface area (Å²) >= 11 is 0. The van der Waals surface area contributed by atoms with E-state index in [4.69, 9.17) is 0 Å². The van der Waals surface area contributed by atoms with Crippen LogP contribution in [-0.4, -0.2) is 6.18 Å². The predicted octanol–water partition coefficient (Wildman–Crippen LogP) is 6.45. The van der Waals surface area contributed by atoms with E-state index in [1.54, 1.807) is 0 Å². The van der Waals surface area contributed by atoms with E-state index in [-0.39, 0.29) is 18.3 Å². The first kappa shape index (κ1) is 18.8. The van der Waals surface area contributed by atoms with Crippen molar-refractivity contribution in [2.75, 3.05) is 0 Å². The van der Waals surface area contributed by atoms with Gasteiger partial charge in [0, 0.05) is 0 Å². The Hall–Kier alpha value is -0.210. The number of rotatable bonds is 7. The highest BCUT2D eigenvalue weighted by Gasteiger charge is 2.50. The van der Waals surface area contributed by atoms with Gasteiger partial charge in [0.05, 0.1) is 5.41 Å². The smallest absolute Gasteiger partial charge is 0.171 e. The number of hydrogen-bond acceptors (Lipinski definition) is 0. The molecule has 0 aliphatic heterocycles. The molecule has 0 amide bonds. The minimum atomic E-state index is -4.10. The van der Waals surface area contributed by atoms with Crippen LogP contribution in [0.15, 0.2) is 0 Å². The molecule has 1 atom stereocenters. The highest BCUT2D eigenvalue weighted by molar-refractivity contribution is 4.88. The third kappa shape index (κ3) is 4.39. The van der Waals surface area contributed by atoms with Crippen molar-refractivity contribution < 1.29 is 13.2 Å². The predicted molar refractivity (Wildman–Crippen MR) is 76.1 cm³/mol. The van der Waals surface area contributed by atoms with Gasteiger partial charge in [0.2, 0.25) is 0 Å². The first-order valence-corrected chi connectivity index (χ1v) is 7.47. The Morgan fingerprint density at radius 3 is 1.47 bits per heavy atom. The summed E-state index contributed by atoms with van der Waals surface area (Å²) in [7, 11) is 0. The van der Waals surface area contributed by atoms with Gasteiger partial charge in [-0.15, -0.1) is 0 Å². The fourth-order valence-electron chi connectivity index (χ4n) is 2.75. The molecule has 0 aromatic rings. The largest absolute Gasteiger partial charge is 0.394 e. The van der Waals surface area contributed by atoms with Crippen LogP contribution in [0.4, 0.5) is 13.2 Å². The summed E-state index contributed by atoms with van der Waals surface area (Å²) in [4.78, 5) is 0. The number of hydrogen-bond donors (Lipinski definition) is 0. The van der Waals surface area contributed by atoms with Crippen molar-refractivity contribution >= 4 is 0 Å². The van der Waals surface area contributed by atoms with Crippen LogP contribution < -0.4 is 0 Å². The summed E-state index contributed by atoms with van der Waals surface area (Å²) in [5.41, 5.74) is -1.56. The zero-order valence-electron chi connectivity index (χ0n) is 13.6. The van der Waals surface area contributed by atoms with Gasteiger partial charge in [-0.05, 0) is 36.5 Å². The van der Waals surface area contributed by atoms with E-state index < -0.39 is 11.6 Å². The van der Waals surface area contributed by atoms with Gasteiger partial charge in [-0.2, -0.15) is 13.2 Å². The zero-order chi connectivity index (χ0) is 15.5. The maximum Gasteiger partial charge on any atom is 0.394 e. The van der Waals surface area contributed by atoms with Gasteiger partial charge in [0.1, 0.15) is 0 Å². The van der Waals surface area contributed by atoms with E-state index >= 15 is 0 Å². The lowest BCUT2D eigenvalue weighted by molar-refractivity contribution is -0.225. The molecule has 1 unspecified atom stereocenters. The summed E-state index contributed by atoms with van der Waals surface area (Å²) in [6, 6.07) is 0. The van der Waals surface area contributed by atoms with E-state index in [1.165, 1.54) is 6.92 Å². The van der Waals surface area contributed by atoms with Crippen molar-refractivity contribution in [3.05, 3.63) is 0 Å². The van der Waals surface area contributed by atoms with Crippen molar-refractivity contribution in [2.24, 2.45) is 22.7 Å². The van der Waals surface area contributed by atoms with Gasteiger partial charge in [-0.3, -0.25) is 0 Å². The third-order valence-corrected chi connectivity index (χ3v) is 5.34. The van der Waals surface area contributed by atoms with Crippen LogP contribution in [0.2, 0.25) is 0 Å². The van der Waals surface area contributed by atoms with E-state index in [2.05, 4.69) is 34.6 Å². The van der Waals surface area contributed by atoms with Crippen LogP contribution in [0.5, 0.6) is 0 Å². The monoisotopic (exact) mass is 280 g/mol. The standard InChI is InChI=1S/C16H31F3/c1-8-9-14(6,16(17,18)19)10-11-15(7,12(2)3)13(4)5/h12-13H,8-11H2,1-7H3. The van der Waals surface area contributed by atoms with E-state index in [0.29, 0.717) is 24.7 Å². The van der Waals surface area contributed by atoms with Crippen molar-refractivity contribution in [1.82, 2.24) is 0 Å². The highest BCUT2D eigenvalue weighted by atomic mass is 19.4. The van der Waals surface area contributed by atoms with Gasteiger partial charge >= 0.3 is 6.18 Å². The SMILES string of the molecule is CCCC(C)(CCC(C)(C(C)C)C(C)C)C(F)(F)F. The van der Waals surface area contributed by atoms with Crippen LogP contribution in [0.1, 0.15) is 74.1 Å². The molecule has 0 aliphatic carbocycles. The second-order valence-electron chi connectivity index (χ2n) is 7.12. The lowest BCUT2D eigenvalue weighted by Gasteiger charge is -2.42. The molecule has 3 heteroatoms. The lowest BCUT2D eigenvalue weighted by Crippen LogP contribution is -2.38. The second-order valence-corrected chi connectivity index (χ2v) is 7.12. The lowest BCUT2D eigenvalue weighted by atomic mass is 9.65. The van der Waals surface area contributed by atoms with Crippen LogP contribution in [0, 0.1) is 22.7 Å². The molecule has 0 aromatic carbocycles. The Bertz CT molecular complexity index is 258. The molecule has 0 saturated carbocycles. The molecule has 116 valence electrons. The molecule has 0 fully saturated rings. The molecule has 0 aliphatic rings. The Morgan fingerprint density at radius 1 is 0.789 bits per heavy atom. The van der Waals surface area contributed by atoms with Crippen LogP contribution in [0.25, 0.3) is 0 Å². The van der Waals surface area contributed by atoms with Gasteiger partial charge < -0.3 is 0 Å². The Morgan fingerprint density at radius 2 is 1.21 bits per heavy atom. The maximum atomic E-state index is 13.3. The molecule has 0 N–H and O–H groups in total. The molecule has 0 aromatic heterocycles. The summed E-state index contributed by atoms with van der Waals surface area (Å²) in [6.07, 6.45) is -2.42. The van der Waals surface area contributed by atoms with E-state index in [1.807, 2.05) is 6.92 Å². The first-order chi connectivity index (χ1) is 8.40. The Kier molecular flexibility index (Phi) is 6.42. The minimum Gasteiger partial charge on any atom is -0.171 e. The summed E-state index contributed by atoms with van der Waals surface area (Å²) in [5.74, 6) is 0.790. The van der Waals surface area contributed by atoms with E-state index in [0.717, 1.165) is 0 Å². The molecule has 0 saturated heterocycles. The molecule has 0 bridgehead atoms. The molecule has 0 rings (SSSR count). The number of alkyl halides is 3. The van der Waals surface area contributed by atoms with Gasteiger partial charge in [0.25, 0.3) is 0 Å². The van der Waals surface area contributed by atoms with E-state index in [9.17, 15) is 13.2 Å². The molecule has 19 heavy (non-hydrogen) atoms. The van der Waals surface area contributed by atoms with Gasteiger partial charge in [-0.25, -0.2) is 0 Å². The first-order valence-electron chi connectivity index (χ1n) is 7.47. The van der Waals surface area contributed by atoms with Gasteiger partial charge in [0.15, 0.2) is 0 Å². The minimum absolute atomic E-state index is 0.0275. The molecule has 0 spiro atoms. The number of halogens is 3. The van der Waals surface area contributed by atoms with Crippen LogP contribution in [-0.2, 0) is 0 Å². The summed E-state index contributed by atoms with van der Waals surface area (Å²) in [6.45, 7) is 13.8. The van der Waals surface area contributed by atoms with Gasteiger partial charge in [-0.1, -0.05) is 54.9 Å². The Labute approximate surface area is 117 Å². The van der Waals surface area contributed by atoms with Crippen molar-refractivity contribution in [1.29, 1.82) is 0 Å². The zero-order valence-corrected chi connectivity index (χ0v) is 13.6. The topological polar surface area (TPSA) is 0 Å². The van der Waals surface area contributed by atoms with Crippen molar-refractivity contribution in [2.45, 2.75) is 80.3 Å². The van der Waals surface area contributed by atoms with Crippen LogP contribution in [0.3, 0.4) is 0 Å². The third-order valence-electron chi connectivity index (χ3n) is 5.34. The van der Waals surface area contributed by atoms with Crippen molar-refractivity contribution in [3.63, 3.8) is 0 Å². The fraction of sp³-hybridized carbons (Fsp3) is 1.00. The quantitative estimate of drug-likeness (QED) is 0.502. The fourth-order valence-corrected chi connectivity index (χ4v) is 2.75. The molecule has 0 nitrogen and oxygen atoms in total. The van der Waals surface area contributed by atoms with Crippen LogP contribution >= 0.6 is 0 Å². The summed E-state index contributed by atoms with van der Waals surface area (Å²) < 4.78 is 39.8. The van der Waals surface area contributed by atoms with Crippen molar-refractivity contribution in [3.8, 4) is 0 Å². The molecular weight excluding hydrogens is 249 g/mol. The molecule has 0 radical (unpaired) electrons. The second kappa shape index (κ2) is 6.49. The Balaban J connectivity index is 5.00. The summed E-state index contributed by atoms with van der Waals surface area (Å²) in [5, 5.41) is 0. The molecular formula is C16H31F3. The average molecular weight is 280 g/mol.